The van der Waals surface area contributed by atoms with Crippen molar-refractivity contribution in [1.29, 1.82) is 0 Å². The van der Waals surface area contributed by atoms with Crippen LogP contribution in [-0.4, -0.2) is 23.5 Å². The van der Waals surface area contributed by atoms with E-state index in [-0.39, 0.29) is 10.5 Å². The summed E-state index contributed by atoms with van der Waals surface area (Å²) in [5.41, 5.74) is 0.271. The van der Waals surface area contributed by atoms with Crippen molar-refractivity contribution in [1.82, 2.24) is 3.97 Å². The normalized spacial score (nSPS) is 11.6. The predicted molar refractivity (Wildman–Crippen MR) is 77.9 cm³/mol. The Bertz CT molecular complexity index is 941. The van der Waals surface area contributed by atoms with Crippen molar-refractivity contribution >= 4 is 26.9 Å². The Morgan fingerprint density at radius 1 is 0.952 bits per heavy atom. The highest BCUT2D eigenvalue weighted by Crippen LogP contribution is 2.24. The maximum absolute atomic E-state index is 12.7. The Hall–Kier alpha value is -2.60. The van der Waals surface area contributed by atoms with Gasteiger partial charge in [0.1, 0.15) is 4.90 Å². The third kappa shape index (κ3) is 2.09. The largest absolute Gasteiger partial charge is 0.478 e. The van der Waals surface area contributed by atoms with Crippen LogP contribution in [0.3, 0.4) is 0 Å². The van der Waals surface area contributed by atoms with E-state index in [9.17, 15) is 13.2 Å². The number of rotatable bonds is 3. The van der Waals surface area contributed by atoms with Crippen LogP contribution in [0.15, 0.2) is 65.7 Å². The second-order valence-corrected chi connectivity index (χ2v) is 6.26. The van der Waals surface area contributed by atoms with E-state index in [0.29, 0.717) is 5.52 Å². The van der Waals surface area contributed by atoms with Crippen LogP contribution in [0.25, 0.3) is 10.9 Å². The van der Waals surface area contributed by atoms with Crippen LogP contribution in [0.2, 0.25) is 0 Å². The molecule has 0 aliphatic rings. The van der Waals surface area contributed by atoms with Crippen molar-refractivity contribution in [3.63, 3.8) is 0 Å². The quantitative estimate of drug-likeness (QED) is 0.806. The number of aromatic carboxylic acids is 1. The van der Waals surface area contributed by atoms with E-state index >= 15 is 0 Å². The molecule has 0 spiro atoms. The van der Waals surface area contributed by atoms with Crippen LogP contribution < -0.4 is 0 Å². The van der Waals surface area contributed by atoms with Crippen LogP contribution in [0, 0.1) is 0 Å². The lowest BCUT2D eigenvalue weighted by atomic mass is 10.2. The van der Waals surface area contributed by atoms with Gasteiger partial charge in [-0.15, -0.1) is 0 Å². The van der Waals surface area contributed by atoms with Gasteiger partial charge in [0, 0.05) is 11.6 Å². The van der Waals surface area contributed by atoms with Gasteiger partial charge < -0.3 is 5.11 Å². The minimum absolute atomic E-state index is 0.223. The van der Waals surface area contributed by atoms with E-state index < -0.39 is 16.0 Å². The van der Waals surface area contributed by atoms with E-state index in [4.69, 9.17) is 5.11 Å². The number of benzene rings is 2. The molecule has 0 aliphatic heterocycles. The van der Waals surface area contributed by atoms with Gasteiger partial charge in [0.25, 0.3) is 10.0 Å². The van der Waals surface area contributed by atoms with Crippen LogP contribution >= 0.6 is 0 Å². The summed E-state index contributed by atoms with van der Waals surface area (Å²) in [5, 5.41) is 9.94. The average molecular weight is 301 g/mol. The Morgan fingerprint density at radius 3 is 2.38 bits per heavy atom. The average Bonchev–Trinajstić information content (AvgIpc) is 2.92. The fourth-order valence-corrected chi connectivity index (χ4v) is 3.78. The summed E-state index contributed by atoms with van der Waals surface area (Å²) < 4.78 is 26.6. The minimum Gasteiger partial charge on any atom is -0.478 e. The molecule has 1 aromatic heterocycles. The van der Waals surface area contributed by atoms with Gasteiger partial charge in [0.2, 0.25) is 0 Å². The van der Waals surface area contributed by atoms with Crippen LogP contribution in [0.5, 0.6) is 0 Å². The smallest absolute Gasteiger partial charge is 0.337 e. The third-order valence-electron chi connectivity index (χ3n) is 3.22. The van der Waals surface area contributed by atoms with Crippen LogP contribution in [0.4, 0.5) is 0 Å². The van der Waals surface area contributed by atoms with Crippen LogP contribution in [0.1, 0.15) is 10.4 Å². The fraction of sp³-hybridized carbons (Fsp3) is 0. The maximum Gasteiger partial charge on any atom is 0.337 e. The van der Waals surface area contributed by atoms with E-state index in [0.717, 1.165) is 9.36 Å². The van der Waals surface area contributed by atoms with Gasteiger partial charge in [-0.1, -0.05) is 30.3 Å². The summed E-state index contributed by atoms with van der Waals surface area (Å²) in [5.74, 6) is -1.27. The maximum atomic E-state index is 12.7. The second kappa shape index (κ2) is 4.75. The lowest BCUT2D eigenvalue weighted by molar-refractivity contribution is 0.0692. The van der Waals surface area contributed by atoms with Crippen molar-refractivity contribution in [2.75, 3.05) is 0 Å². The SMILES string of the molecule is O=C(O)c1ccccc1S(=O)(=O)n1ccc2ccccc21. The van der Waals surface area contributed by atoms with Gasteiger partial charge in [-0.2, -0.15) is 0 Å². The highest BCUT2D eigenvalue weighted by Gasteiger charge is 2.24. The molecule has 2 aromatic carbocycles. The van der Waals surface area contributed by atoms with Gasteiger partial charge in [-0.25, -0.2) is 17.2 Å². The summed E-state index contributed by atoms with van der Waals surface area (Å²) in [4.78, 5) is 11.0. The predicted octanol–water partition coefficient (Wildman–Crippen LogP) is 2.58. The standard InChI is InChI=1S/C15H11NO4S/c17-15(18)12-6-2-4-8-14(12)21(19,20)16-10-9-11-5-1-3-7-13(11)16/h1-10H,(H,17,18). The molecule has 0 saturated carbocycles. The molecule has 0 saturated heterocycles. The molecule has 0 radical (unpaired) electrons. The number of nitrogens with zero attached hydrogens (tertiary/aromatic N) is 1. The number of carbonyl (C=O) groups is 1. The van der Waals surface area contributed by atoms with Crippen molar-refractivity contribution in [2.45, 2.75) is 4.90 Å². The first-order valence-corrected chi connectivity index (χ1v) is 7.60. The molecule has 5 nitrogen and oxygen atoms in total. The summed E-state index contributed by atoms with van der Waals surface area (Å²) in [7, 11) is -3.96. The first-order valence-electron chi connectivity index (χ1n) is 6.16. The highest BCUT2D eigenvalue weighted by molar-refractivity contribution is 7.90. The molecular formula is C15H11NO4S. The molecule has 3 aromatic rings. The number of fused-ring (bicyclic) bond motifs is 1. The third-order valence-corrected chi connectivity index (χ3v) is 4.97. The number of para-hydroxylation sites is 1. The van der Waals surface area contributed by atoms with Crippen molar-refractivity contribution in [3.8, 4) is 0 Å². The summed E-state index contributed by atoms with van der Waals surface area (Å²) in [6, 6.07) is 14.3. The summed E-state index contributed by atoms with van der Waals surface area (Å²) in [6.45, 7) is 0. The monoisotopic (exact) mass is 301 g/mol. The molecular weight excluding hydrogens is 290 g/mol. The number of aromatic nitrogens is 1. The first kappa shape index (κ1) is 13.4. The van der Waals surface area contributed by atoms with Gasteiger partial charge in [-0.05, 0) is 24.3 Å². The lowest BCUT2D eigenvalue weighted by Crippen LogP contribution is -2.15. The Balaban J connectivity index is 2.29. The molecule has 0 atom stereocenters. The topological polar surface area (TPSA) is 76.4 Å². The van der Waals surface area contributed by atoms with Gasteiger partial charge in [-0.3, -0.25) is 0 Å². The zero-order valence-corrected chi connectivity index (χ0v) is 11.6. The lowest BCUT2D eigenvalue weighted by Gasteiger charge is -2.10. The zero-order valence-electron chi connectivity index (χ0n) is 10.8. The van der Waals surface area contributed by atoms with E-state index in [1.807, 2.05) is 6.07 Å². The van der Waals surface area contributed by atoms with E-state index in [2.05, 4.69) is 0 Å². The number of carboxylic acid groups (broad SMARTS) is 1. The molecule has 0 bridgehead atoms. The molecule has 21 heavy (non-hydrogen) atoms. The molecule has 3 rings (SSSR count). The zero-order chi connectivity index (χ0) is 15.0. The first-order chi connectivity index (χ1) is 10.0. The molecule has 0 amide bonds. The van der Waals surface area contributed by atoms with E-state index in [1.165, 1.54) is 30.5 Å². The number of hydrogen-bond donors (Lipinski definition) is 1. The van der Waals surface area contributed by atoms with Gasteiger partial charge in [0.15, 0.2) is 0 Å². The number of carboxylic acids is 1. The fourth-order valence-electron chi connectivity index (χ4n) is 2.24. The summed E-state index contributed by atoms with van der Waals surface area (Å²) in [6.07, 6.45) is 1.43. The Morgan fingerprint density at radius 2 is 1.62 bits per heavy atom. The number of hydrogen-bond acceptors (Lipinski definition) is 3. The van der Waals surface area contributed by atoms with Gasteiger partial charge in [0.05, 0.1) is 11.1 Å². The molecule has 0 fully saturated rings. The Kier molecular flexibility index (Phi) is 3.03. The Labute approximate surface area is 121 Å². The minimum atomic E-state index is -3.96. The summed E-state index contributed by atoms with van der Waals surface area (Å²) >= 11 is 0. The molecule has 0 aliphatic carbocycles. The molecule has 0 unspecified atom stereocenters. The molecule has 1 heterocycles. The van der Waals surface area contributed by atoms with E-state index in [1.54, 1.807) is 24.3 Å². The molecule has 106 valence electrons. The molecule has 6 heteroatoms. The van der Waals surface area contributed by atoms with Crippen LogP contribution in [-0.2, 0) is 10.0 Å². The second-order valence-electron chi connectivity index (χ2n) is 4.48. The highest BCUT2D eigenvalue weighted by atomic mass is 32.2. The van der Waals surface area contributed by atoms with Gasteiger partial charge >= 0.3 is 5.97 Å². The van der Waals surface area contributed by atoms with Crippen molar-refractivity contribution < 1.29 is 18.3 Å². The van der Waals surface area contributed by atoms with Crippen molar-refractivity contribution in [3.05, 3.63) is 66.4 Å². The van der Waals surface area contributed by atoms with Crippen molar-refractivity contribution in [2.24, 2.45) is 0 Å². The molecule has 1 N–H and O–H groups in total.